The summed E-state index contributed by atoms with van der Waals surface area (Å²) in [6.45, 7) is 4.12. The zero-order chi connectivity index (χ0) is 13.1. The molecular weight excluding hydrogens is 246 g/mol. The number of hydrogen-bond donors (Lipinski definition) is 1. The van der Waals surface area contributed by atoms with Crippen molar-refractivity contribution in [3.63, 3.8) is 0 Å². The van der Waals surface area contributed by atoms with Crippen LogP contribution in [0.1, 0.15) is 35.6 Å². The molecule has 0 aliphatic rings. The number of rotatable bonds is 4. The summed E-state index contributed by atoms with van der Waals surface area (Å²) in [5.74, 6) is 1.93. The van der Waals surface area contributed by atoms with Gasteiger partial charge in [-0.25, -0.2) is 0 Å². The molecule has 0 saturated carbocycles. The van der Waals surface area contributed by atoms with Gasteiger partial charge in [0, 0.05) is 11.4 Å². The molecule has 2 aromatic rings. The lowest BCUT2D eigenvalue weighted by Crippen LogP contribution is -2.18. The van der Waals surface area contributed by atoms with Crippen LogP contribution in [0.3, 0.4) is 0 Å². The second kappa shape index (κ2) is 5.59. The van der Waals surface area contributed by atoms with E-state index in [0.29, 0.717) is 0 Å². The Hall–Kier alpha value is -1.25. The molecule has 1 atom stereocenters. The van der Waals surface area contributed by atoms with Gasteiger partial charge in [0.25, 0.3) is 0 Å². The lowest BCUT2D eigenvalue weighted by atomic mass is 9.99. The van der Waals surface area contributed by atoms with Crippen LogP contribution in [0.2, 0.25) is 5.02 Å². The Morgan fingerprint density at radius 3 is 2.67 bits per heavy atom. The summed E-state index contributed by atoms with van der Waals surface area (Å²) in [5, 5.41) is 4.07. The van der Waals surface area contributed by atoms with Gasteiger partial charge in [-0.05, 0) is 43.3 Å². The van der Waals surface area contributed by atoms with Gasteiger partial charge in [-0.3, -0.25) is 0 Å². The molecule has 0 aliphatic carbocycles. The molecule has 96 valence electrons. The van der Waals surface area contributed by atoms with E-state index < -0.39 is 0 Å². The maximum Gasteiger partial charge on any atom is 0.125 e. The molecule has 1 aromatic carbocycles. The van der Waals surface area contributed by atoms with E-state index in [0.717, 1.165) is 34.1 Å². The van der Waals surface area contributed by atoms with Gasteiger partial charge in [0.2, 0.25) is 0 Å². The predicted molar refractivity (Wildman–Crippen MR) is 75.2 cm³/mol. The van der Waals surface area contributed by atoms with Crippen molar-refractivity contribution < 1.29 is 4.42 Å². The van der Waals surface area contributed by atoms with Crippen LogP contribution in [0.25, 0.3) is 0 Å². The van der Waals surface area contributed by atoms with Crippen LogP contribution >= 0.6 is 11.6 Å². The van der Waals surface area contributed by atoms with E-state index in [4.69, 9.17) is 16.0 Å². The minimum Gasteiger partial charge on any atom is -0.464 e. The molecule has 0 spiro atoms. The van der Waals surface area contributed by atoms with E-state index in [1.54, 1.807) is 0 Å². The first-order valence-electron chi connectivity index (χ1n) is 6.18. The standard InChI is InChI=1S/C15H18ClNO/c1-4-11-8-9-14(18-11)15(17-3)12-6-5-7-13(16)10(12)2/h5-9,15,17H,4H2,1-3H3. The number of furan rings is 1. The van der Waals surface area contributed by atoms with E-state index in [-0.39, 0.29) is 6.04 Å². The van der Waals surface area contributed by atoms with Gasteiger partial charge in [-0.1, -0.05) is 30.7 Å². The molecule has 1 unspecified atom stereocenters. The van der Waals surface area contributed by atoms with Crippen molar-refractivity contribution >= 4 is 11.6 Å². The maximum atomic E-state index is 6.18. The second-order valence-electron chi connectivity index (χ2n) is 4.33. The molecule has 0 amide bonds. The van der Waals surface area contributed by atoms with Crippen LogP contribution in [0, 0.1) is 6.92 Å². The Kier molecular flexibility index (Phi) is 4.10. The number of halogens is 1. The minimum atomic E-state index is 0.0454. The van der Waals surface area contributed by atoms with E-state index in [1.165, 1.54) is 0 Å². The molecule has 1 aromatic heterocycles. The molecule has 1 N–H and O–H groups in total. The van der Waals surface area contributed by atoms with Crippen LogP contribution in [0.5, 0.6) is 0 Å². The monoisotopic (exact) mass is 263 g/mol. The molecular formula is C15H18ClNO. The summed E-state index contributed by atoms with van der Waals surface area (Å²) < 4.78 is 5.83. The summed E-state index contributed by atoms with van der Waals surface area (Å²) in [6.07, 6.45) is 0.908. The maximum absolute atomic E-state index is 6.18. The first-order chi connectivity index (χ1) is 8.67. The average molecular weight is 264 g/mol. The van der Waals surface area contributed by atoms with Crippen LogP contribution in [0.4, 0.5) is 0 Å². The van der Waals surface area contributed by atoms with Gasteiger partial charge < -0.3 is 9.73 Å². The SMILES string of the molecule is CCc1ccc(C(NC)c2cccc(Cl)c2C)o1. The van der Waals surface area contributed by atoms with Gasteiger partial charge in [0.15, 0.2) is 0 Å². The number of aryl methyl sites for hydroxylation is 1. The quantitative estimate of drug-likeness (QED) is 0.898. The number of nitrogens with one attached hydrogen (secondary N) is 1. The molecule has 1 heterocycles. The Morgan fingerprint density at radius 2 is 2.06 bits per heavy atom. The molecule has 2 rings (SSSR count). The highest BCUT2D eigenvalue weighted by atomic mass is 35.5. The highest BCUT2D eigenvalue weighted by Crippen LogP contribution is 2.29. The summed E-state index contributed by atoms with van der Waals surface area (Å²) in [4.78, 5) is 0. The van der Waals surface area contributed by atoms with Crippen molar-refractivity contribution in [3.05, 3.63) is 58.0 Å². The molecule has 0 radical (unpaired) electrons. The summed E-state index contributed by atoms with van der Waals surface area (Å²) >= 11 is 6.18. The van der Waals surface area contributed by atoms with E-state index in [9.17, 15) is 0 Å². The second-order valence-corrected chi connectivity index (χ2v) is 4.74. The molecule has 0 fully saturated rings. The van der Waals surface area contributed by atoms with Crippen molar-refractivity contribution in [3.8, 4) is 0 Å². The topological polar surface area (TPSA) is 25.2 Å². The first-order valence-corrected chi connectivity index (χ1v) is 6.56. The highest BCUT2D eigenvalue weighted by molar-refractivity contribution is 6.31. The molecule has 0 aliphatic heterocycles. The third kappa shape index (κ3) is 2.45. The molecule has 3 heteroatoms. The van der Waals surface area contributed by atoms with E-state index >= 15 is 0 Å². The third-order valence-electron chi connectivity index (χ3n) is 3.22. The summed E-state index contributed by atoms with van der Waals surface area (Å²) in [6, 6.07) is 10.1. The zero-order valence-corrected chi connectivity index (χ0v) is 11.7. The third-order valence-corrected chi connectivity index (χ3v) is 3.63. The molecule has 2 nitrogen and oxygen atoms in total. The Labute approximate surface area is 113 Å². The largest absolute Gasteiger partial charge is 0.464 e. The van der Waals surface area contributed by atoms with Gasteiger partial charge >= 0.3 is 0 Å². The summed E-state index contributed by atoms with van der Waals surface area (Å²) in [7, 11) is 1.93. The van der Waals surface area contributed by atoms with E-state index in [2.05, 4.69) is 18.3 Å². The van der Waals surface area contributed by atoms with Crippen LogP contribution < -0.4 is 5.32 Å². The zero-order valence-electron chi connectivity index (χ0n) is 11.0. The number of benzene rings is 1. The van der Waals surface area contributed by atoms with Crippen LogP contribution in [0.15, 0.2) is 34.7 Å². The summed E-state index contributed by atoms with van der Waals surface area (Å²) in [5.41, 5.74) is 2.25. The normalized spacial score (nSPS) is 12.7. The fourth-order valence-corrected chi connectivity index (χ4v) is 2.31. The van der Waals surface area contributed by atoms with Gasteiger partial charge in [0.1, 0.15) is 11.5 Å². The van der Waals surface area contributed by atoms with Gasteiger partial charge in [0.05, 0.1) is 6.04 Å². The fourth-order valence-electron chi connectivity index (χ4n) is 2.13. The van der Waals surface area contributed by atoms with Crippen molar-refractivity contribution in [2.45, 2.75) is 26.3 Å². The predicted octanol–water partition coefficient (Wildman–Crippen LogP) is 4.11. The van der Waals surface area contributed by atoms with Crippen molar-refractivity contribution in [2.75, 3.05) is 7.05 Å². The van der Waals surface area contributed by atoms with Crippen molar-refractivity contribution in [1.29, 1.82) is 0 Å². The average Bonchev–Trinajstić information content (AvgIpc) is 2.84. The van der Waals surface area contributed by atoms with Crippen LogP contribution in [-0.2, 0) is 6.42 Å². The minimum absolute atomic E-state index is 0.0454. The van der Waals surface area contributed by atoms with Gasteiger partial charge in [-0.15, -0.1) is 0 Å². The lowest BCUT2D eigenvalue weighted by Gasteiger charge is -2.17. The Balaban J connectivity index is 2.41. The first kappa shape index (κ1) is 13.2. The highest BCUT2D eigenvalue weighted by Gasteiger charge is 2.18. The van der Waals surface area contributed by atoms with Crippen molar-refractivity contribution in [1.82, 2.24) is 5.32 Å². The molecule has 0 bridgehead atoms. The Bertz CT molecular complexity index is 533. The van der Waals surface area contributed by atoms with Gasteiger partial charge in [-0.2, -0.15) is 0 Å². The fraction of sp³-hybridized carbons (Fsp3) is 0.333. The number of hydrogen-bond acceptors (Lipinski definition) is 2. The molecule has 18 heavy (non-hydrogen) atoms. The van der Waals surface area contributed by atoms with Crippen molar-refractivity contribution in [2.24, 2.45) is 0 Å². The van der Waals surface area contributed by atoms with Crippen LogP contribution in [-0.4, -0.2) is 7.05 Å². The Morgan fingerprint density at radius 1 is 1.28 bits per heavy atom. The molecule has 0 saturated heterocycles. The lowest BCUT2D eigenvalue weighted by molar-refractivity contribution is 0.433. The smallest absolute Gasteiger partial charge is 0.125 e. The van der Waals surface area contributed by atoms with E-state index in [1.807, 2.05) is 38.2 Å².